The Bertz CT molecular complexity index is 628. The van der Waals surface area contributed by atoms with Crippen molar-refractivity contribution < 1.29 is 4.74 Å². The number of nitrogens with zero attached hydrogens (tertiary/aromatic N) is 3. The molecule has 0 radical (unpaired) electrons. The highest BCUT2D eigenvalue weighted by atomic mass is 35.5. The summed E-state index contributed by atoms with van der Waals surface area (Å²) >= 11 is 6.12. The monoisotopic (exact) mass is 289 g/mol. The minimum atomic E-state index is 0.471. The lowest BCUT2D eigenvalue weighted by atomic mass is 10.2. The second-order valence-corrected chi connectivity index (χ2v) is 5.30. The molecular weight excluding hydrogens is 274 g/mol. The van der Waals surface area contributed by atoms with Crippen molar-refractivity contribution in [1.29, 1.82) is 0 Å². The van der Waals surface area contributed by atoms with E-state index in [9.17, 15) is 0 Å². The fraction of sp³-hybridized carbons (Fsp3) is 0.333. The van der Waals surface area contributed by atoms with Gasteiger partial charge in [0.15, 0.2) is 0 Å². The van der Waals surface area contributed by atoms with E-state index < -0.39 is 0 Å². The standard InChI is InChI=1S/C15H16ClN3O/c1-19(11-5-3-4-6-12(11)20-2)14-9-13(16)17-15(18-14)10-7-8-10/h3-6,9-10H,7-8H2,1-2H3. The van der Waals surface area contributed by atoms with Crippen LogP contribution in [0.25, 0.3) is 0 Å². The van der Waals surface area contributed by atoms with E-state index >= 15 is 0 Å². The molecule has 0 unspecified atom stereocenters. The first-order valence-electron chi connectivity index (χ1n) is 6.60. The van der Waals surface area contributed by atoms with Gasteiger partial charge in [0.1, 0.15) is 22.5 Å². The van der Waals surface area contributed by atoms with Crippen molar-refractivity contribution in [3.63, 3.8) is 0 Å². The summed E-state index contributed by atoms with van der Waals surface area (Å²) in [5, 5.41) is 0.485. The average Bonchev–Trinajstić information content (AvgIpc) is 3.30. The van der Waals surface area contributed by atoms with Crippen molar-refractivity contribution in [3.05, 3.63) is 41.3 Å². The predicted octanol–water partition coefficient (Wildman–Crippen LogP) is 3.78. The molecule has 4 nitrogen and oxygen atoms in total. The molecule has 0 atom stereocenters. The van der Waals surface area contributed by atoms with Crippen LogP contribution in [0, 0.1) is 0 Å². The number of para-hydroxylation sites is 2. The molecule has 0 bridgehead atoms. The van der Waals surface area contributed by atoms with Crippen molar-refractivity contribution in [2.75, 3.05) is 19.1 Å². The van der Waals surface area contributed by atoms with Gasteiger partial charge >= 0.3 is 0 Å². The molecule has 1 fully saturated rings. The van der Waals surface area contributed by atoms with Crippen LogP contribution in [0.3, 0.4) is 0 Å². The van der Waals surface area contributed by atoms with E-state index in [-0.39, 0.29) is 0 Å². The van der Waals surface area contributed by atoms with Crippen LogP contribution < -0.4 is 9.64 Å². The molecule has 0 spiro atoms. The Hall–Kier alpha value is -1.81. The van der Waals surface area contributed by atoms with Gasteiger partial charge in [-0.15, -0.1) is 0 Å². The molecule has 1 heterocycles. The van der Waals surface area contributed by atoms with E-state index in [2.05, 4.69) is 9.97 Å². The number of halogens is 1. The number of rotatable bonds is 4. The normalized spacial score (nSPS) is 14.2. The van der Waals surface area contributed by atoms with E-state index in [1.54, 1.807) is 13.2 Å². The molecule has 1 saturated carbocycles. The molecule has 3 rings (SSSR count). The summed E-state index contributed by atoms with van der Waals surface area (Å²) in [7, 11) is 3.61. The van der Waals surface area contributed by atoms with Crippen LogP contribution in [0.4, 0.5) is 11.5 Å². The highest BCUT2D eigenvalue weighted by Crippen LogP contribution is 2.40. The summed E-state index contributed by atoms with van der Waals surface area (Å²) < 4.78 is 5.39. The molecule has 0 amide bonds. The second-order valence-electron chi connectivity index (χ2n) is 4.91. The maximum Gasteiger partial charge on any atom is 0.142 e. The SMILES string of the molecule is COc1ccccc1N(C)c1cc(Cl)nc(C2CC2)n1. The van der Waals surface area contributed by atoms with Crippen LogP contribution in [-0.2, 0) is 0 Å². The zero-order valence-electron chi connectivity index (χ0n) is 11.5. The number of ether oxygens (including phenoxy) is 1. The zero-order chi connectivity index (χ0) is 14.1. The molecule has 5 heteroatoms. The molecule has 104 valence electrons. The molecule has 20 heavy (non-hydrogen) atoms. The first-order chi connectivity index (χ1) is 9.69. The van der Waals surface area contributed by atoms with Crippen molar-refractivity contribution in [2.24, 2.45) is 0 Å². The summed E-state index contributed by atoms with van der Waals surface area (Å²) in [6, 6.07) is 9.61. The first-order valence-corrected chi connectivity index (χ1v) is 6.98. The Morgan fingerprint density at radius 1 is 1.25 bits per heavy atom. The summed E-state index contributed by atoms with van der Waals surface area (Å²) in [6.07, 6.45) is 2.30. The first kappa shape index (κ1) is 13.2. The van der Waals surface area contributed by atoms with E-state index in [4.69, 9.17) is 16.3 Å². The number of hydrogen-bond acceptors (Lipinski definition) is 4. The van der Waals surface area contributed by atoms with Gasteiger partial charge in [-0.3, -0.25) is 0 Å². The number of aromatic nitrogens is 2. The molecular formula is C15H16ClN3O. The van der Waals surface area contributed by atoms with Crippen LogP contribution in [-0.4, -0.2) is 24.1 Å². The van der Waals surface area contributed by atoms with Gasteiger partial charge in [-0.05, 0) is 25.0 Å². The third kappa shape index (κ3) is 2.56. The van der Waals surface area contributed by atoms with E-state index in [1.807, 2.05) is 36.2 Å². The Morgan fingerprint density at radius 3 is 2.70 bits per heavy atom. The van der Waals surface area contributed by atoms with Gasteiger partial charge in [0.05, 0.1) is 12.8 Å². The third-order valence-corrected chi connectivity index (χ3v) is 3.62. The minimum absolute atomic E-state index is 0.471. The minimum Gasteiger partial charge on any atom is -0.495 e. The van der Waals surface area contributed by atoms with Crippen LogP contribution >= 0.6 is 11.6 Å². The summed E-state index contributed by atoms with van der Waals surface area (Å²) in [5.74, 6) is 2.90. The second kappa shape index (κ2) is 5.29. The largest absolute Gasteiger partial charge is 0.495 e. The maximum atomic E-state index is 6.12. The molecule has 0 N–H and O–H groups in total. The molecule has 1 aromatic heterocycles. The molecule has 1 aliphatic carbocycles. The van der Waals surface area contributed by atoms with Crippen LogP contribution in [0.2, 0.25) is 5.15 Å². The Kier molecular flexibility index (Phi) is 3.49. The summed E-state index contributed by atoms with van der Waals surface area (Å²) in [4.78, 5) is 10.9. The molecule has 0 aliphatic heterocycles. The van der Waals surface area contributed by atoms with Gasteiger partial charge in [0, 0.05) is 19.0 Å². The van der Waals surface area contributed by atoms with Crippen LogP contribution in [0.1, 0.15) is 24.6 Å². The third-order valence-electron chi connectivity index (χ3n) is 3.43. The van der Waals surface area contributed by atoms with Gasteiger partial charge in [-0.1, -0.05) is 23.7 Å². The average molecular weight is 290 g/mol. The van der Waals surface area contributed by atoms with Gasteiger partial charge in [0.25, 0.3) is 0 Å². The van der Waals surface area contributed by atoms with Crippen LogP contribution in [0.5, 0.6) is 5.75 Å². The van der Waals surface area contributed by atoms with Crippen molar-refractivity contribution >= 4 is 23.1 Å². The van der Waals surface area contributed by atoms with Crippen molar-refractivity contribution in [3.8, 4) is 5.75 Å². The van der Waals surface area contributed by atoms with E-state index in [0.717, 1.165) is 35.9 Å². The Morgan fingerprint density at radius 2 is 2.00 bits per heavy atom. The number of methoxy groups -OCH3 is 1. The zero-order valence-corrected chi connectivity index (χ0v) is 12.3. The highest BCUT2D eigenvalue weighted by Gasteiger charge is 2.27. The lowest BCUT2D eigenvalue weighted by Gasteiger charge is -2.21. The maximum absolute atomic E-state index is 6.12. The molecule has 0 saturated heterocycles. The van der Waals surface area contributed by atoms with Gasteiger partial charge < -0.3 is 9.64 Å². The molecule has 1 aromatic carbocycles. The van der Waals surface area contributed by atoms with Crippen LogP contribution in [0.15, 0.2) is 30.3 Å². The Labute approximate surface area is 123 Å². The quantitative estimate of drug-likeness (QED) is 0.803. The fourth-order valence-corrected chi connectivity index (χ4v) is 2.33. The van der Waals surface area contributed by atoms with E-state index in [0.29, 0.717) is 11.1 Å². The number of hydrogen-bond donors (Lipinski definition) is 0. The summed E-state index contributed by atoms with van der Waals surface area (Å²) in [5.41, 5.74) is 0.950. The highest BCUT2D eigenvalue weighted by molar-refractivity contribution is 6.29. The topological polar surface area (TPSA) is 38.2 Å². The molecule has 2 aromatic rings. The van der Waals surface area contributed by atoms with Gasteiger partial charge in [0.2, 0.25) is 0 Å². The van der Waals surface area contributed by atoms with Gasteiger partial charge in [-0.2, -0.15) is 0 Å². The van der Waals surface area contributed by atoms with Crippen molar-refractivity contribution in [2.45, 2.75) is 18.8 Å². The fourth-order valence-electron chi connectivity index (χ4n) is 2.15. The van der Waals surface area contributed by atoms with E-state index in [1.165, 1.54) is 0 Å². The lowest BCUT2D eigenvalue weighted by Crippen LogP contribution is -2.13. The smallest absolute Gasteiger partial charge is 0.142 e. The molecule has 1 aliphatic rings. The predicted molar refractivity (Wildman–Crippen MR) is 80.1 cm³/mol. The number of anilines is 2. The lowest BCUT2D eigenvalue weighted by molar-refractivity contribution is 0.415. The van der Waals surface area contributed by atoms with Gasteiger partial charge in [-0.25, -0.2) is 9.97 Å². The van der Waals surface area contributed by atoms with Crippen molar-refractivity contribution in [1.82, 2.24) is 9.97 Å². The number of benzene rings is 1. The summed E-state index contributed by atoms with van der Waals surface area (Å²) in [6.45, 7) is 0. The Balaban J connectivity index is 1.99.